The molecule has 1 unspecified atom stereocenters. The summed E-state index contributed by atoms with van der Waals surface area (Å²) >= 11 is 2.20. The second-order valence-electron chi connectivity index (χ2n) is 3.61. The van der Waals surface area contributed by atoms with Crippen molar-refractivity contribution in [2.45, 2.75) is 39.2 Å². The Morgan fingerprint density at radius 3 is 2.56 bits per heavy atom. The van der Waals surface area contributed by atoms with Gasteiger partial charge in [0, 0.05) is 7.11 Å². The molecular formula is C11H18IN3O. The second kappa shape index (κ2) is 6.34. The molecule has 0 saturated carbocycles. The van der Waals surface area contributed by atoms with E-state index >= 15 is 0 Å². The zero-order valence-corrected chi connectivity index (χ0v) is 12.1. The van der Waals surface area contributed by atoms with Gasteiger partial charge in [0.2, 0.25) is 0 Å². The van der Waals surface area contributed by atoms with Crippen molar-refractivity contribution in [1.29, 1.82) is 0 Å². The van der Waals surface area contributed by atoms with E-state index in [2.05, 4.69) is 39.5 Å². The molecule has 2 N–H and O–H groups in total. The minimum Gasteiger partial charge on any atom is -0.383 e. The molecule has 1 heterocycles. The van der Waals surface area contributed by atoms with E-state index in [-0.39, 0.29) is 6.10 Å². The lowest BCUT2D eigenvalue weighted by atomic mass is 10.2. The van der Waals surface area contributed by atoms with E-state index in [4.69, 9.17) is 10.5 Å². The monoisotopic (exact) mass is 335 g/mol. The molecule has 90 valence electrons. The maximum Gasteiger partial charge on any atom is 0.159 e. The summed E-state index contributed by atoms with van der Waals surface area (Å²) in [6.07, 6.45) is 2.77. The number of ether oxygens (including phenoxy) is 1. The van der Waals surface area contributed by atoms with Crippen LogP contribution in [0.25, 0.3) is 0 Å². The van der Waals surface area contributed by atoms with Crippen molar-refractivity contribution in [3.8, 4) is 0 Å². The van der Waals surface area contributed by atoms with Gasteiger partial charge in [-0.05, 0) is 35.4 Å². The lowest BCUT2D eigenvalue weighted by Crippen LogP contribution is -2.12. The summed E-state index contributed by atoms with van der Waals surface area (Å²) in [5, 5.41) is 0. The molecule has 0 spiro atoms. The van der Waals surface area contributed by atoms with Crippen molar-refractivity contribution < 1.29 is 4.74 Å². The van der Waals surface area contributed by atoms with Crippen LogP contribution in [0.4, 0.5) is 5.82 Å². The predicted molar refractivity (Wildman–Crippen MR) is 73.2 cm³/mol. The van der Waals surface area contributed by atoms with Crippen LogP contribution in [0.2, 0.25) is 0 Å². The van der Waals surface area contributed by atoms with Gasteiger partial charge in [-0.2, -0.15) is 0 Å². The number of halogens is 1. The van der Waals surface area contributed by atoms with E-state index in [1.54, 1.807) is 7.11 Å². The zero-order chi connectivity index (χ0) is 12.1. The summed E-state index contributed by atoms with van der Waals surface area (Å²) in [7, 11) is 1.67. The van der Waals surface area contributed by atoms with Crippen LogP contribution >= 0.6 is 22.6 Å². The lowest BCUT2D eigenvalue weighted by Gasteiger charge is -2.14. The molecule has 1 aromatic heterocycles. The van der Waals surface area contributed by atoms with Gasteiger partial charge in [-0.3, -0.25) is 0 Å². The number of nitrogens with two attached hydrogens (primary N) is 1. The summed E-state index contributed by atoms with van der Waals surface area (Å²) in [5.74, 6) is 1.26. The Balaban J connectivity index is 3.12. The lowest BCUT2D eigenvalue weighted by molar-refractivity contribution is 0.0924. The van der Waals surface area contributed by atoms with E-state index in [0.717, 1.165) is 28.5 Å². The van der Waals surface area contributed by atoms with Crippen LogP contribution in [0.15, 0.2) is 0 Å². The number of nitrogens with zero attached hydrogens (tertiary/aromatic N) is 2. The van der Waals surface area contributed by atoms with Gasteiger partial charge in [0.25, 0.3) is 0 Å². The second-order valence-corrected chi connectivity index (χ2v) is 4.69. The fraction of sp³-hybridized carbons (Fsp3) is 0.636. The maximum atomic E-state index is 5.88. The summed E-state index contributed by atoms with van der Waals surface area (Å²) in [6, 6.07) is 0. The van der Waals surface area contributed by atoms with Gasteiger partial charge < -0.3 is 10.5 Å². The topological polar surface area (TPSA) is 61.0 Å². The number of hydrogen-bond acceptors (Lipinski definition) is 4. The third-order valence-electron chi connectivity index (χ3n) is 2.39. The van der Waals surface area contributed by atoms with Crippen LogP contribution < -0.4 is 5.73 Å². The highest BCUT2D eigenvalue weighted by molar-refractivity contribution is 14.1. The van der Waals surface area contributed by atoms with E-state index in [1.165, 1.54) is 0 Å². The fourth-order valence-corrected chi connectivity index (χ4v) is 2.04. The largest absolute Gasteiger partial charge is 0.383 e. The molecule has 0 aromatic carbocycles. The molecule has 0 radical (unpaired) electrons. The van der Waals surface area contributed by atoms with Crippen LogP contribution in [-0.4, -0.2) is 17.1 Å². The van der Waals surface area contributed by atoms with Crippen LogP contribution in [0.5, 0.6) is 0 Å². The molecule has 0 aliphatic rings. The molecule has 0 bridgehead atoms. The molecule has 5 heteroatoms. The molecule has 1 rings (SSSR count). The normalized spacial score (nSPS) is 12.8. The first-order chi connectivity index (χ1) is 7.63. The van der Waals surface area contributed by atoms with Gasteiger partial charge in [-0.1, -0.05) is 20.3 Å². The first-order valence-corrected chi connectivity index (χ1v) is 6.56. The molecule has 1 aromatic rings. The van der Waals surface area contributed by atoms with Gasteiger partial charge in [0.15, 0.2) is 5.82 Å². The molecular weight excluding hydrogens is 317 g/mol. The molecule has 0 aliphatic heterocycles. The third kappa shape index (κ3) is 3.04. The number of nitrogen functional groups attached to an aromatic ring is 1. The number of hydrogen-bond donors (Lipinski definition) is 1. The van der Waals surface area contributed by atoms with Crippen LogP contribution in [0.1, 0.15) is 44.3 Å². The van der Waals surface area contributed by atoms with E-state index in [9.17, 15) is 0 Å². The highest BCUT2D eigenvalue weighted by Gasteiger charge is 2.16. The Labute approximate surface area is 110 Å². The number of rotatable bonds is 5. The molecule has 0 saturated heterocycles. The van der Waals surface area contributed by atoms with Crippen molar-refractivity contribution in [3.63, 3.8) is 0 Å². The first-order valence-electron chi connectivity index (χ1n) is 5.48. The smallest absolute Gasteiger partial charge is 0.159 e. The van der Waals surface area contributed by atoms with E-state index < -0.39 is 0 Å². The average molecular weight is 335 g/mol. The summed E-state index contributed by atoms with van der Waals surface area (Å²) in [4.78, 5) is 8.83. The number of aromatic nitrogens is 2. The first kappa shape index (κ1) is 13.6. The van der Waals surface area contributed by atoms with Crippen molar-refractivity contribution in [3.05, 3.63) is 15.1 Å². The van der Waals surface area contributed by atoms with Crippen LogP contribution in [-0.2, 0) is 11.2 Å². The minimum atomic E-state index is -0.0603. The Morgan fingerprint density at radius 2 is 2.06 bits per heavy atom. The molecule has 0 fully saturated rings. The van der Waals surface area contributed by atoms with Crippen LogP contribution in [0, 0.1) is 3.57 Å². The minimum absolute atomic E-state index is 0.0603. The van der Waals surface area contributed by atoms with Crippen molar-refractivity contribution in [2.24, 2.45) is 0 Å². The fourth-order valence-electron chi connectivity index (χ4n) is 1.53. The van der Waals surface area contributed by atoms with Gasteiger partial charge >= 0.3 is 0 Å². The number of anilines is 1. The highest BCUT2D eigenvalue weighted by Crippen LogP contribution is 2.23. The molecule has 0 aliphatic carbocycles. The summed E-state index contributed by atoms with van der Waals surface area (Å²) in [5.41, 5.74) is 6.91. The zero-order valence-electron chi connectivity index (χ0n) is 9.96. The molecule has 4 nitrogen and oxygen atoms in total. The summed E-state index contributed by atoms with van der Waals surface area (Å²) < 4.78 is 6.30. The molecule has 16 heavy (non-hydrogen) atoms. The highest BCUT2D eigenvalue weighted by atomic mass is 127. The third-order valence-corrected chi connectivity index (χ3v) is 3.57. The Morgan fingerprint density at radius 1 is 1.38 bits per heavy atom. The van der Waals surface area contributed by atoms with Crippen molar-refractivity contribution in [1.82, 2.24) is 9.97 Å². The van der Waals surface area contributed by atoms with Gasteiger partial charge in [-0.15, -0.1) is 0 Å². The standard InChI is InChI=1S/C11H18IN3O/c1-4-6-7-9(12)10(13)15-11(14-7)8(5-2)16-3/h8H,4-6H2,1-3H3,(H2,13,14,15). The Bertz CT molecular complexity index is 353. The van der Waals surface area contributed by atoms with E-state index in [1.807, 2.05) is 6.92 Å². The summed E-state index contributed by atoms with van der Waals surface area (Å²) in [6.45, 7) is 4.17. The number of methoxy groups -OCH3 is 1. The van der Waals surface area contributed by atoms with Gasteiger partial charge in [0.05, 0.1) is 9.26 Å². The van der Waals surface area contributed by atoms with Gasteiger partial charge in [0.1, 0.15) is 11.9 Å². The van der Waals surface area contributed by atoms with E-state index in [0.29, 0.717) is 11.6 Å². The number of aryl methyl sites for hydroxylation is 1. The molecule has 1 atom stereocenters. The van der Waals surface area contributed by atoms with Crippen molar-refractivity contribution >= 4 is 28.4 Å². The van der Waals surface area contributed by atoms with Gasteiger partial charge in [-0.25, -0.2) is 9.97 Å². The van der Waals surface area contributed by atoms with Crippen molar-refractivity contribution in [2.75, 3.05) is 12.8 Å². The quantitative estimate of drug-likeness (QED) is 0.841. The van der Waals surface area contributed by atoms with Crippen LogP contribution in [0.3, 0.4) is 0 Å². The Kier molecular flexibility index (Phi) is 5.40. The predicted octanol–water partition coefficient (Wildman–Crippen LogP) is 2.71. The Hall–Kier alpha value is -0.430. The SMILES string of the molecule is CCCc1nc(C(CC)OC)nc(N)c1I. The molecule has 0 amide bonds. The average Bonchev–Trinajstić information content (AvgIpc) is 2.27. The maximum absolute atomic E-state index is 5.88.